The van der Waals surface area contributed by atoms with Crippen molar-refractivity contribution in [2.24, 2.45) is 0 Å². The molecule has 0 unspecified atom stereocenters. The Labute approximate surface area is 193 Å². The number of rotatable bonds is 5. The molecule has 32 heavy (non-hydrogen) atoms. The number of ether oxygens (including phenoxy) is 2. The van der Waals surface area contributed by atoms with Crippen LogP contribution in [0.4, 0.5) is 4.79 Å². The predicted molar refractivity (Wildman–Crippen MR) is 122 cm³/mol. The maximum absolute atomic E-state index is 12.9. The Morgan fingerprint density at radius 2 is 1.81 bits per heavy atom. The summed E-state index contributed by atoms with van der Waals surface area (Å²) < 4.78 is 11.9. The first kappa shape index (κ1) is 21.5. The molecule has 0 N–H and O–H groups in total. The number of aromatic nitrogens is 2. The van der Waals surface area contributed by atoms with Crippen LogP contribution >= 0.6 is 11.6 Å². The minimum absolute atomic E-state index is 0.153. The van der Waals surface area contributed by atoms with Crippen LogP contribution in [0, 0.1) is 6.92 Å². The molecule has 8 heteroatoms. The summed E-state index contributed by atoms with van der Waals surface area (Å²) in [6.07, 6.45) is 6.42. The molecule has 0 spiro atoms. The number of halogens is 1. The molecule has 0 radical (unpaired) electrons. The third-order valence-corrected chi connectivity index (χ3v) is 6.92. The van der Waals surface area contributed by atoms with Crippen LogP contribution in [0.15, 0.2) is 24.3 Å². The van der Waals surface area contributed by atoms with Gasteiger partial charge in [0.15, 0.2) is 10.9 Å². The molecule has 1 aliphatic carbocycles. The largest absolute Gasteiger partial charge is 0.434 e. The van der Waals surface area contributed by atoms with Crippen LogP contribution in [0.3, 0.4) is 0 Å². The van der Waals surface area contributed by atoms with Gasteiger partial charge in [0, 0.05) is 25.2 Å². The smallest absolute Gasteiger partial charge is 0.415 e. The van der Waals surface area contributed by atoms with E-state index in [0.29, 0.717) is 25.0 Å². The van der Waals surface area contributed by atoms with Crippen molar-refractivity contribution in [1.29, 1.82) is 0 Å². The number of hydrogen-bond acceptors (Lipinski definition) is 6. The van der Waals surface area contributed by atoms with Gasteiger partial charge in [-0.25, -0.2) is 4.79 Å². The second-order valence-electron chi connectivity index (χ2n) is 9.04. The van der Waals surface area contributed by atoms with E-state index in [4.69, 9.17) is 21.1 Å². The number of para-hydroxylation sites is 1. The summed E-state index contributed by atoms with van der Waals surface area (Å²) in [6.45, 7) is 5.73. The Morgan fingerprint density at radius 1 is 1.06 bits per heavy atom. The normalized spacial score (nSPS) is 19.9. The van der Waals surface area contributed by atoms with Crippen molar-refractivity contribution in [3.63, 3.8) is 0 Å². The molecule has 1 aromatic carbocycles. The van der Waals surface area contributed by atoms with E-state index in [2.05, 4.69) is 21.2 Å². The molecule has 1 saturated carbocycles. The van der Waals surface area contributed by atoms with Crippen molar-refractivity contribution in [2.45, 2.75) is 57.4 Å². The Hall–Kier alpha value is -2.38. The van der Waals surface area contributed by atoms with Crippen molar-refractivity contribution >= 4 is 17.7 Å². The van der Waals surface area contributed by atoms with Crippen molar-refractivity contribution in [3.8, 4) is 17.4 Å². The van der Waals surface area contributed by atoms with Crippen LogP contribution in [-0.2, 0) is 0 Å². The Balaban J connectivity index is 1.29. The van der Waals surface area contributed by atoms with Crippen LogP contribution in [0.25, 0.3) is 0 Å². The molecule has 2 saturated heterocycles. The Bertz CT molecular complexity index is 983. The monoisotopic (exact) mass is 456 g/mol. The minimum Gasteiger partial charge on any atom is -0.434 e. The van der Waals surface area contributed by atoms with Gasteiger partial charge in [-0.1, -0.05) is 29.8 Å². The molecule has 1 amide bonds. The average Bonchev–Trinajstić information content (AvgIpc) is 3.50. The number of hydrogen-bond donors (Lipinski definition) is 0. The van der Waals surface area contributed by atoms with E-state index >= 15 is 0 Å². The second-order valence-corrected chi connectivity index (χ2v) is 9.42. The number of amides is 1. The van der Waals surface area contributed by atoms with E-state index in [1.807, 2.05) is 19.1 Å². The average molecular weight is 457 g/mol. The quantitative estimate of drug-likeness (QED) is 0.618. The molecule has 0 bridgehead atoms. The van der Waals surface area contributed by atoms with Gasteiger partial charge < -0.3 is 19.3 Å². The predicted octanol–water partition coefficient (Wildman–Crippen LogP) is 5.17. The summed E-state index contributed by atoms with van der Waals surface area (Å²) in [7, 11) is 0. The van der Waals surface area contributed by atoms with Gasteiger partial charge in [0.1, 0.15) is 5.75 Å². The van der Waals surface area contributed by atoms with E-state index in [-0.39, 0.29) is 16.8 Å². The first-order valence-corrected chi connectivity index (χ1v) is 12.0. The fourth-order valence-corrected chi connectivity index (χ4v) is 4.93. The van der Waals surface area contributed by atoms with Crippen LogP contribution in [0.1, 0.15) is 55.6 Å². The number of benzene rings is 1. The fourth-order valence-electron chi connectivity index (χ4n) is 4.79. The molecule has 3 aliphatic rings. The van der Waals surface area contributed by atoms with Gasteiger partial charge in [0.25, 0.3) is 5.88 Å². The highest BCUT2D eigenvalue weighted by Crippen LogP contribution is 2.47. The summed E-state index contributed by atoms with van der Waals surface area (Å²) in [5.74, 6) is 1.62. The number of carbonyl (C=O) groups excluding carboxylic acids is 1. The molecule has 0 atom stereocenters. The summed E-state index contributed by atoms with van der Waals surface area (Å²) >= 11 is 6.06. The lowest BCUT2D eigenvalue weighted by molar-refractivity contribution is 0.109. The van der Waals surface area contributed by atoms with Crippen molar-refractivity contribution in [2.75, 3.05) is 26.2 Å². The number of aryl methyl sites for hydroxylation is 1. The van der Waals surface area contributed by atoms with Crippen molar-refractivity contribution < 1.29 is 14.3 Å². The fraction of sp³-hybridized carbons (Fsp3) is 0.542. The van der Waals surface area contributed by atoms with Crippen LogP contribution in [-0.4, -0.2) is 58.3 Å². The molecule has 1 aromatic heterocycles. The first-order chi connectivity index (χ1) is 15.6. The van der Waals surface area contributed by atoms with E-state index in [1.165, 1.54) is 32.0 Å². The molecule has 7 nitrogen and oxygen atoms in total. The topological polar surface area (TPSA) is 67.8 Å². The highest BCUT2D eigenvalue weighted by molar-refractivity contribution is 6.29. The van der Waals surface area contributed by atoms with E-state index in [0.717, 1.165) is 42.6 Å². The molecular formula is C24H29ClN4O3. The van der Waals surface area contributed by atoms with Gasteiger partial charge >= 0.3 is 6.09 Å². The lowest BCUT2D eigenvalue weighted by atomic mass is 10.0. The maximum Gasteiger partial charge on any atom is 0.415 e. The third-order valence-electron chi connectivity index (χ3n) is 6.73. The highest BCUT2D eigenvalue weighted by Gasteiger charge is 2.31. The highest BCUT2D eigenvalue weighted by atomic mass is 35.5. The Kier molecular flexibility index (Phi) is 6.20. The molecule has 2 aliphatic heterocycles. The summed E-state index contributed by atoms with van der Waals surface area (Å²) in [6, 6.07) is 8.18. The maximum atomic E-state index is 12.9. The van der Waals surface area contributed by atoms with E-state index < -0.39 is 6.09 Å². The van der Waals surface area contributed by atoms with E-state index in [9.17, 15) is 4.79 Å². The zero-order chi connectivity index (χ0) is 22.1. The SMILES string of the molecule is Cc1cccc(C2CC2)c1Oc1nnc(Cl)cc1OC(=O)N1CCC(N2CCCC2)CC1. The lowest BCUT2D eigenvalue weighted by Crippen LogP contribution is -2.46. The summed E-state index contributed by atoms with van der Waals surface area (Å²) in [5, 5.41) is 8.15. The van der Waals surface area contributed by atoms with Crippen molar-refractivity contribution in [1.82, 2.24) is 20.0 Å². The summed E-state index contributed by atoms with van der Waals surface area (Å²) in [5.41, 5.74) is 2.16. The third kappa shape index (κ3) is 4.69. The minimum atomic E-state index is -0.397. The zero-order valence-electron chi connectivity index (χ0n) is 18.4. The van der Waals surface area contributed by atoms with Crippen molar-refractivity contribution in [3.05, 3.63) is 40.5 Å². The van der Waals surface area contributed by atoms with E-state index in [1.54, 1.807) is 4.90 Å². The first-order valence-electron chi connectivity index (χ1n) is 11.6. The zero-order valence-corrected chi connectivity index (χ0v) is 19.2. The molecule has 170 valence electrons. The van der Waals surface area contributed by atoms with Gasteiger partial charge in [-0.3, -0.25) is 0 Å². The molecule has 3 heterocycles. The lowest BCUT2D eigenvalue weighted by Gasteiger charge is -2.36. The Morgan fingerprint density at radius 3 is 2.53 bits per heavy atom. The van der Waals surface area contributed by atoms with Gasteiger partial charge in [0.05, 0.1) is 0 Å². The number of carbonyl (C=O) groups is 1. The summed E-state index contributed by atoms with van der Waals surface area (Å²) in [4.78, 5) is 17.2. The van der Waals surface area contributed by atoms with Crippen LogP contribution in [0.2, 0.25) is 5.15 Å². The van der Waals surface area contributed by atoms with Crippen LogP contribution in [0.5, 0.6) is 17.4 Å². The molecule has 5 rings (SSSR count). The molecule has 2 aromatic rings. The number of nitrogens with zero attached hydrogens (tertiary/aromatic N) is 4. The number of likely N-dealkylation sites (tertiary alicyclic amines) is 2. The molecule has 3 fully saturated rings. The van der Waals surface area contributed by atoms with Gasteiger partial charge in [-0.05, 0) is 75.6 Å². The van der Waals surface area contributed by atoms with Gasteiger partial charge in [-0.2, -0.15) is 0 Å². The van der Waals surface area contributed by atoms with Gasteiger partial charge in [0.2, 0.25) is 0 Å². The second kappa shape index (κ2) is 9.24. The molecular weight excluding hydrogens is 428 g/mol. The number of piperidine rings is 1. The van der Waals surface area contributed by atoms with Gasteiger partial charge in [-0.15, -0.1) is 10.2 Å². The standard InChI is InChI=1S/C24H29ClN4O3/c1-16-5-4-6-19(17-7-8-17)22(16)32-23-20(15-21(25)26-27-23)31-24(30)29-13-9-18(10-14-29)28-11-2-3-12-28/h4-6,15,17-18H,2-3,7-14H2,1H3. The van der Waals surface area contributed by atoms with Crippen LogP contribution < -0.4 is 9.47 Å².